The largest absolute Gasteiger partial charge is 0.481 e. The number of carbonyl (C=O) groups excluding carboxylic acids is 2. The zero-order valence-corrected chi connectivity index (χ0v) is 10.3. The fourth-order valence-electron chi connectivity index (χ4n) is 1.26. The van der Waals surface area contributed by atoms with Crippen molar-refractivity contribution in [2.24, 2.45) is 0 Å². The summed E-state index contributed by atoms with van der Waals surface area (Å²) in [6.45, 7) is 0.576. The van der Waals surface area contributed by atoms with E-state index in [1.54, 1.807) is 0 Å². The lowest BCUT2D eigenvalue weighted by molar-refractivity contribution is -0.185. The van der Waals surface area contributed by atoms with E-state index < -0.39 is 31.0 Å². The number of amides is 2. The van der Waals surface area contributed by atoms with Gasteiger partial charge in [-0.2, -0.15) is 13.2 Å². The highest BCUT2D eigenvalue weighted by molar-refractivity contribution is 5.82. The van der Waals surface area contributed by atoms with Crippen molar-refractivity contribution in [1.29, 1.82) is 0 Å². The normalized spacial score (nSPS) is 10.9. The van der Waals surface area contributed by atoms with Crippen LogP contribution in [0.25, 0.3) is 0 Å². The van der Waals surface area contributed by atoms with Gasteiger partial charge in [0.25, 0.3) is 0 Å². The molecule has 0 aromatic heterocycles. The Labute approximate surface area is 107 Å². The first-order chi connectivity index (χ1) is 8.64. The maximum atomic E-state index is 12.3. The van der Waals surface area contributed by atoms with Gasteiger partial charge in [-0.3, -0.25) is 14.4 Å². The van der Waals surface area contributed by atoms with Crippen molar-refractivity contribution in [3.8, 4) is 0 Å². The summed E-state index contributed by atoms with van der Waals surface area (Å²) >= 11 is 0. The van der Waals surface area contributed by atoms with Gasteiger partial charge < -0.3 is 15.3 Å². The van der Waals surface area contributed by atoms with Crippen molar-refractivity contribution in [2.75, 3.05) is 19.6 Å². The number of aliphatic carboxylic acids is 1. The molecule has 0 saturated heterocycles. The molecule has 0 bridgehead atoms. The molecule has 0 heterocycles. The minimum Gasteiger partial charge on any atom is -0.481 e. The Morgan fingerprint density at radius 3 is 2.21 bits per heavy atom. The monoisotopic (exact) mass is 284 g/mol. The van der Waals surface area contributed by atoms with Gasteiger partial charge in [0.1, 0.15) is 0 Å². The van der Waals surface area contributed by atoms with E-state index in [1.807, 2.05) is 0 Å². The van der Waals surface area contributed by atoms with Gasteiger partial charge in [0.2, 0.25) is 5.91 Å². The molecule has 0 fully saturated rings. The van der Waals surface area contributed by atoms with Gasteiger partial charge >= 0.3 is 18.1 Å². The lowest BCUT2D eigenvalue weighted by atomic mass is 10.3. The maximum absolute atomic E-state index is 12.3. The fraction of sp³-hybridized carbons (Fsp3) is 0.700. The van der Waals surface area contributed by atoms with Gasteiger partial charge in [-0.1, -0.05) is 0 Å². The van der Waals surface area contributed by atoms with Crippen LogP contribution in [0.1, 0.15) is 19.8 Å². The summed E-state index contributed by atoms with van der Waals surface area (Å²) in [6.07, 6.45) is -5.49. The summed E-state index contributed by atoms with van der Waals surface area (Å²) in [6, 6.07) is 0. The van der Waals surface area contributed by atoms with Gasteiger partial charge in [0, 0.05) is 26.6 Å². The molecule has 2 amide bonds. The Morgan fingerprint density at radius 2 is 1.79 bits per heavy atom. The number of carboxylic acids is 1. The Morgan fingerprint density at radius 1 is 1.21 bits per heavy atom. The van der Waals surface area contributed by atoms with Crippen molar-refractivity contribution in [3.05, 3.63) is 0 Å². The summed E-state index contributed by atoms with van der Waals surface area (Å²) in [4.78, 5) is 32.3. The minimum atomic E-state index is -5.04. The van der Waals surface area contributed by atoms with E-state index in [-0.39, 0.29) is 25.4 Å². The number of carboxylic acid groups (broad SMARTS) is 1. The van der Waals surface area contributed by atoms with Crippen LogP contribution >= 0.6 is 0 Å². The van der Waals surface area contributed by atoms with Crippen LogP contribution in [0.15, 0.2) is 0 Å². The van der Waals surface area contributed by atoms with Gasteiger partial charge in [0.05, 0.1) is 6.42 Å². The lowest BCUT2D eigenvalue weighted by Crippen LogP contribution is -2.43. The number of rotatable bonds is 7. The van der Waals surface area contributed by atoms with Crippen molar-refractivity contribution in [3.63, 3.8) is 0 Å². The minimum absolute atomic E-state index is 0.112. The van der Waals surface area contributed by atoms with Gasteiger partial charge in [0.15, 0.2) is 0 Å². The average molecular weight is 284 g/mol. The predicted molar refractivity (Wildman–Crippen MR) is 58.2 cm³/mol. The maximum Gasteiger partial charge on any atom is 0.471 e. The fourth-order valence-corrected chi connectivity index (χ4v) is 1.26. The first kappa shape index (κ1) is 17.2. The molecular formula is C10H15F3N2O4. The molecular weight excluding hydrogens is 269 g/mol. The molecule has 0 unspecified atom stereocenters. The number of hydrogen-bond acceptors (Lipinski definition) is 3. The smallest absolute Gasteiger partial charge is 0.471 e. The summed E-state index contributed by atoms with van der Waals surface area (Å²) in [7, 11) is 0. The standard InChI is InChI=1S/C10H15F3N2O4/c1-7(16)14-4-2-5-15(6-3-8(17)18)9(19)10(11,12)13/h2-6H2,1H3,(H,14,16)(H,17,18). The van der Waals surface area contributed by atoms with E-state index >= 15 is 0 Å². The zero-order chi connectivity index (χ0) is 15.1. The molecule has 0 aromatic carbocycles. The third kappa shape index (κ3) is 8.01. The number of nitrogens with zero attached hydrogens (tertiary/aromatic N) is 1. The molecule has 19 heavy (non-hydrogen) atoms. The third-order valence-corrected chi connectivity index (χ3v) is 2.10. The molecule has 6 nitrogen and oxygen atoms in total. The van der Waals surface area contributed by atoms with Gasteiger partial charge in [-0.05, 0) is 6.42 Å². The van der Waals surface area contributed by atoms with Crippen LogP contribution in [0, 0.1) is 0 Å². The van der Waals surface area contributed by atoms with Crippen molar-refractivity contribution < 1.29 is 32.7 Å². The van der Waals surface area contributed by atoms with Crippen molar-refractivity contribution >= 4 is 17.8 Å². The van der Waals surface area contributed by atoms with E-state index in [0.29, 0.717) is 4.90 Å². The molecule has 0 atom stereocenters. The lowest BCUT2D eigenvalue weighted by Gasteiger charge is -2.23. The van der Waals surface area contributed by atoms with Crippen LogP contribution in [0.4, 0.5) is 13.2 Å². The van der Waals surface area contributed by atoms with Crippen LogP contribution in [0.5, 0.6) is 0 Å². The highest BCUT2D eigenvalue weighted by atomic mass is 19.4. The molecule has 2 N–H and O–H groups in total. The Bertz CT molecular complexity index is 344. The van der Waals surface area contributed by atoms with Crippen LogP contribution in [-0.4, -0.2) is 53.6 Å². The predicted octanol–water partition coefficient (Wildman–Crippen LogP) is 0.378. The van der Waals surface area contributed by atoms with E-state index in [9.17, 15) is 27.6 Å². The van der Waals surface area contributed by atoms with Gasteiger partial charge in [-0.15, -0.1) is 0 Å². The molecule has 0 radical (unpaired) electrons. The quantitative estimate of drug-likeness (QED) is 0.662. The Hall–Kier alpha value is -1.80. The van der Waals surface area contributed by atoms with E-state index in [1.165, 1.54) is 6.92 Å². The summed E-state index contributed by atoms with van der Waals surface area (Å²) in [5.41, 5.74) is 0. The van der Waals surface area contributed by atoms with E-state index in [0.717, 1.165) is 0 Å². The van der Waals surface area contributed by atoms with Crippen LogP contribution in [-0.2, 0) is 14.4 Å². The average Bonchev–Trinajstić information content (AvgIpc) is 2.25. The molecule has 0 aromatic rings. The van der Waals surface area contributed by atoms with Crippen LogP contribution in [0.3, 0.4) is 0 Å². The number of carbonyl (C=O) groups is 3. The second kappa shape index (κ2) is 7.59. The molecule has 0 spiro atoms. The Balaban J connectivity index is 4.37. The second-order valence-corrected chi connectivity index (χ2v) is 3.77. The molecule has 0 aliphatic rings. The van der Waals surface area contributed by atoms with Crippen LogP contribution < -0.4 is 5.32 Å². The topological polar surface area (TPSA) is 86.7 Å². The number of alkyl halides is 3. The first-order valence-electron chi connectivity index (χ1n) is 5.47. The SMILES string of the molecule is CC(=O)NCCCN(CCC(=O)O)C(=O)C(F)(F)F. The Kier molecular flexibility index (Phi) is 6.87. The number of halogens is 3. The van der Waals surface area contributed by atoms with Crippen molar-refractivity contribution in [1.82, 2.24) is 10.2 Å². The molecule has 0 saturated carbocycles. The molecule has 0 aliphatic carbocycles. The number of nitrogens with one attached hydrogen (secondary N) is 1. The summed E-state index contributed by atoms with van der Waals surface area (Å²) in [5, 5.41) is 10.8. The molecule has 0 aliphatic heterocycles. The molecule has 0 rings (SSSR count). The first-order valence-corrected chi connectivity index (χ1v) is 5.47. The van der Waals surface area contributed by atoms with E-state index in [2.05, 4.69) is 5.32 Å². The number of hydrogen-bond donors (Lipinski definition) is 2. The zero-order valence-electron chi connectivity index (χ0n) is 10.3. The van der Waals surface area contributed by atoms with Crippen LogP contribution in [0.2, 0.25) is 0 Å². The second-order valence-electron chi connectivity index (χ2n) is 3.77. The van der Waals surface area contributed by atoms with E-state index in [4.69, 9.17) is 5.11 Å². The van der Waals surface area contributed by atoms with Crippen molar-refractivity contribution in [2.45, 2.75) is 25.9 Å². The highest BCUT2D eigenvalue weighted by Gasteiger charge is 2.42. The summed E-state index contributed by atoms with van der Waals surface area (Å²) in [5.74, 6) is -3.70. The third-order valence-electron chi connectivity index (χ3n) is 2.10. The highest BCUT2D eigenvalue weighted by Crippen LogP contribution is 2.18. The molecule has 9 heteroatoms. The van der Waals surface area contributed by atoms with Gasteiger partial charge in [-0.25, -0.2) is 0 Å². The summed E-state index contributed by atoms with van der Waals surface area (Å²) < 4.78 is 36.8. The molecule has 110 valence electrons.